The van der Waals surface area contributed by atoms with Gasteiger partial charge in [-0.2, -0.15) is 5.16 Å². The highest BCUT2D eigenvalue weighted by Gasteiger charge is 1.95. The Balaban J connectivity index is 3.63. The third-order valence-electron chi connectivity index (χ3n) is 0.952. The predicted molar refractivity (Wildman–Crippen MR) is 30.3 cm³/mol. The van der Waals surface area contributed by atoms with E-state index in [0.717, 1.165) is 0 Å². The smallest absolute Gasteiger partial charge is 0.324 e. The minimum absolute atomic E-state index is 0.318. The largest absolute Gasteiger partial charge is 0.387 e. The summed E-state index contributed by atoms with van der Waals surface area (Å²) in [5, 5.41) is 1.90. The van der Waals surface area contributed by atoms with Gasteiger partial charge in [0.25, 0.3) is 5.43 Å². The molecule has 48 valence electrons. The predicted octanol–water partition coefficient (Wildman–Crippen LogP) is -0.363. The van der Waals surface area contributed by atoms with Crippen LogP contribution < -0.4 is 11.0 Å². The Kier molecular flexibility index (Phi) is 1.22. The zero-order valence-corrected chi connectivity index (χ0v) is 4.80. The molecule has 0 fully saturated rings. The van der Waals surface area contributed by atoms with Crippen LogP contribution in [0.4, 0.5) is 0 Å². The fraction of sp³-hybridized carbons (Fsp3) is 0.200. The van der Waals surface area contributed by atoms with E-state index in [1.54, 1.807) is 0 Å². The molecule has 0 saturated heterocycles. The minimum atomic E-state index is -0.713. The zero-order chi connectivity index (χ0) is 6.85. The van der Waals surface area contributed by atoms with Crippen LogP contribution in [-0.4, -0.2) is 5.16 Å². The first kappa shape index (κ1) is 5.81. The summed E-state index contributed by atoms with van der Waals surface area (Å²) >= 11 is 0. The van der Waals surface area contributed by atoms with E-state index in [1.165, 1.54) is 13.2 Å². The van der Waals surface area contributed by atoms with Crippen LogP contribution in [0.15, 0.2) is 20.4 Å². The topological polar surface area (TPSA) is 63.1 Å². The lowest BCUT2D eigenvalue weighted by Crippen LogP contribution is -2.27. The van der Waals surface area contributed by atoms with Crippen molar-refractivity contribution in [3.8, 4) is 0 Å². The van der Waals surface area contributed by atoms with Crippen molar-refractivity contribution in [2.45, 2.75) is 6.92 Å². The van der Waals surface area contributed by atoms with Gasteiger partial charge in [-0.15, -0.1) is 0 Å². The van der Waals surface area contributed by atoms with Crippen LogP contribution >= 0.6 is 0 Å². The molecule has 1 rings (SSSR count). The number of aryl methyl sites for hydroxylation is 1. The van der Waals surface area contributed by atoms with Gasteiger partial charge in [-0.1, -0.05) is 0 Å². The van der Waals surface area contributed by atoms with Gasteiger partial charge in [0.15, 0.2) is 0 Å². The summed E-state index contributed by atoms with van der Waals surface area (Å²) in [6, 6.07) is 0. The summed E-state index contributed by atoms with van der Waals surface area (Å²) < 4.78 is 4.38. The molecule has 0 unspecified atom stereocenters. The van der Waals surface area contributed by atoms with Crippen LogP contribution in [-0.2, 0) is 0 Å². The molecule has 0 aliphatic carbocycles. The summed E-state index contributed by atoms with van der Waals surface area (Å²) in [6.45, 7) is 1.51. The van der Waals surface area contributed by atoms with Gasteiger partial charge in [0, 0.05) is 5.56 Å². The second-order valence-corrected chi connectivity index (χ2v) is 1.68. The molecule has 9 heavy (non-hydrogen) atoms. The zero-order valence-electron chi connectivity index (χ0n) is 4.80. The number of hydrogen-bond acceptors (Lipinski definition) is 3. The monoisotopic (exact) mass is 127 g/mol. The Bertz CT molecular complexity index is 308. The number of rotatable bonds is 0. The first-order valence-electron chi connectivity index (χ1n) is 2.39. The first-order chi connectivity index (χ1) is 4.22. The molecule has 4 nitrogen and oxygen atoms in total. The molecular formula is C5H5NO3. The highest BCUT2D eigenvalue weighted by Crippen LogP contribution is 1.77. The lowest BCUT2D eigenvalue weighted by atomic mass is 10.4. The summed E-state index contributed by atoms with van der Waals surface area (Å²) in [5.41, 5.74) is -0.935. The van der Waals surface area contributed by atoms with Crippen LogP contribution in [0, 0.1) is 6.92 Å². The Labute approximate surface area is 50.1 Å². The molecule has 1 aromatic heterocycles. The molecule has 4 heteroatoms. The lowest BCUT2D eigenvalue weighted by molar-refractivity contribution is 0.385. The lowest BCUT2D eigenvalue weighted by Gasteiger charge is -1.82. The standard InChI is InChI=1S/C5H5NO3/c1-3-2-9-6-5(8)4(3)7/h2H,1H3,(H,6,8). The molecule has 0 amide bonds. The SMILES string of the molecule is Cc1co[nH]c(=O)c1=O. The van der Waals surface area contributed by atoms with E-state index in [9.17, 15) is 9.59 Å². The Morgan fingerprint density at radius 1 is 1.56 bits per heavy atom. The van der Waals surface area contributed by atoms with Crippen LogP contribution in [0.2, 0.25) is 0 Å². The van der Waals surface area contributed by atoms with Crippen molar-refractivity contribution < 1.29 is 4.52 Å². The van der Waals surface area contributed by atoms with Gasteiger partial charge in [-0.05, 0) is 6.92 Å². The number of aromatic amines is 1. The first-order valence-corrected chi connectivity index (χ1v) is 2.39. The van der Waals surface area contributed by atoms with E-state index in [1.807, 2.05) is 5.16 Å². The molecule has 0 atom stereocenters. The quantitative estimate of drug-likeness (QED) is 0.484. The number of aromatic nitrogens is 1. The molecule has 0 spiro atoms. The van der Waals surface area contributed by atoms with Crippen LogP contribution in [0.1, 0.15) is 5.56 Å². The van der Waals surface area contributed by atoms with Crippen molar-refractivity contribution in [2.24, 2.45) is 0 Å². The molecule has 0 radical (unpaired) electrons. The van der Waals surface area contributed by atoms with Gasteiger partial charge in [0.05, 0.1) is 0 Å². The third-order valence-corrected chi connectivity index (χ3v) is 0.952. The molecule has 0 aromatic carbocycles. The highest BCUT2D eigenvalue weighted by atomic mass is 16.5. The second-order valence-electron chi connectivity index (χ2n) is 1.68. The van der Waals surface area contributed by atoms with Gasteiger partial charge in [0.1, 0.15) is 6.26 Å². The van der Waals surface area contributed by atoms with E-state index in [4.69, 9.17) is 0 Å². The fourth-order valence-corrected chi connectivity index (χ4v) is 0.450. The molecule has 0 aliphatic heterocycles. The second kappa shape index (κ2) is 1.89. The van der Waals surface area contributed by atoms with E-state index in [-0.39, 0.29) is 0 Å². The van der Waals surface area contributed by atoms with Gasteiger partial charge in [-0.3, -0.25) is 9.59 Å². The summed E-state index contributed by atoms with van der Waals surface area (Å²) in [5.74, 6) is 0. The fourth-order valence-electron chi connectivity index (χ4n) is 0.450. The summed E-state index contributed by atoms with van der Waals surface area (Å²) in [4.78, 5) is 20.9. The molecular weight excluding hydrogens is 122 g/mol. The van der Waals surface area contributed by atoms with Gasteiger partial charge in [-0.25, -0.2) is 0 Å². The normalized spacial score (nSPS) is 9.44. The van der Waals surface area contributed by atoms with Crippen molar-refractivity contribution in [3.05, 3.63) is 32.4 Å². The molecule has 1 N–H and O–H groups in total. The number of hydrogen-bond donors (Lipinski definition) is 1. The third kappa shape index (κ3) is 0.910. The van der Waals surface area contributed by atoms with Crippen molar-refractivity contribution in [1.82, 2.24) is 5.16 Å². The van der Waals surface area contributed by atoms with Crippen LogP contribution in [0.5, 0.6) is 0 Å². The van der Waals surface area contributed by atoms with Gasteiger partial charge >= 0.3 is 5.56 Å². The van der Waals surface area contributed by atoms with E-state index >= 15 is 0 Å². The molecule has 1 aromatic rings. The minimum Gasteiger partial charge on any atom is -0.387 e. The Morgan fingerprint density at radius 2 is 2.22 bits per heavy atom. The van der Waals surface area contributed by atoms with Crippen molar-refractivity contribution in [2.75, 3.05) is 0 Å². The summed E-state index contributed by atoms with van der Waals surface area (Å²) in [6.07, 6.45) is 1.20. The maximum absolute atomic E-state index is 10.6. The average molecular weight is 127 g/mol. The molecule has 1 heterocycles. The molecule has 0 aliphatic rings. The average Bonchev–Trinajstić information content (AvgIpc) is 1.83. The Hall–Kier alpha value is -1.32. The van der Waals surface area contributed by atoms with E-state index in [0.29, 0.717) is 5.56 Å². The maximum atomic E-state index is 10.6. The Morgan fingerprint density at radius 3 is 2.67 bits per heavy atom. The number of H-pyrrole nitrogens is 1. The van der Waals surface area contributed by atoms with Crippen LogP contribution in [0.25, 0.3) is 0 Å². The van der Waals surface area contributed by atoms with Crippen molar-refractivity contribution in [1.29, 1.82) is 0 Å². The van der Waals surface area contributed by atoms with Crippen LogP contribution in [0.3, 0.4) is 0 Å². The van der Waals surface area contributed by atoms with E-state index < -0.39 is 11.0 Å². The maximum Gasteiger partial charge on any atom is 0.324 e. The molecule has 0 bridgehead atoms. The van der Waals surface area contributed by atoms with E-state index in [2.05, 4.69) is 4.52 Å². The van der Waals surface area contributed by atoms with Crippen molar-refractivity contribution >= 4 is 0 Å². The number of nitrogens with one attached hydrogen (secondary N) is 1. The highest BCUT2D eigenvalue weighted by molar-refractivity contribution is 5.00. The van der Waals surface area contributed by atoms with Gasteiger partial charge in [0.2, 0.25) is 0 Å². The molecule has 0 saturated carbocycles. The van der Waals surface area contributed by atoms with Gasteiger partial charge < -0.3 is 4.52 Å². The summed E-state index contributed by atoms with van der Waals surface area (Å²) in [7, 11) is 0. The van der Waals surface area contributed by atoms with Crippen molar-refractivity contribution in [3.63, 3.8) is 0 Å².